The normalized spacial score (nSPS) is 11.4. The molecule has 0 fully saturated rings. The fourth-order valence-electron chi connectivity index (χ4n) is 3.15. The van der Waals surface area contributed by atoms with Gasteiger partial charge in [0.15, 0.2) is 0 Å². The van der Waals surface area contributed by atoms with E-state index in [1.54, 1.807) is 26.2 Å². The summed E-state index contributed by atoms with van der Waals surface area (Å²) in [7, 11) is 1.58. The van der Waals surface area contributed by atoms with E-state index in [4.69, 9.17) is 0 Å². The maximum atomic E-state index is 12.6. The number of fused-ring (bicyclic) bond motifs is 2. The van der Waals surface area contributed by atoms with E-state index < -0.39 is 11.2 Å². The minimum absolute atomic E-state index is 0.248. The van der Waals surface area contributed by atoms with Crippen molar-refractivity contribution in [3.05, 3.63) is 73.4 Å². The first-order valence-corrected chi connectivity index (χ1v) is 7.41. The second-order valence-corrected chi connectivity index (χ2v) is 5.74. The Morgan fingerprint density at radius 1 is 1.04 bits per heavy atom. The van der Waals surface area contributed by atoms with Crippen LogP contribution >= 0.6 is 0 Å². The lowest BCUT2D eigenvalue weighted by molar-refractivity contribution is 0.845. The predicted octanol–water partition coefficient (Wildman–Crippen LogP) is 1.17. The lowest BCUT2D eigenvalue weighted by Gasteiger charge is -2.13. The minimum atomic E-state index is -0.572. The second kappa shape index (κ2) is 4.82. The Balaban J connectivity index is 2.31. The molecule has 3 heterocycles. The van der Waals surface area contributed by atoms with Gasteiger partial charge in [-0.15, -0.1) is 0 Å². The number of nitrogens with one attached hydrogen (secondary N) is 2. The molecule has 0 amide bonds. The summed E-state index contributed by atoms with van der Waals surface area (Å²) >= 11 is 0. The van der Waals surface area contributed by atoms with Crippen molar-refractivity contribution < 1.29 is 0 Å². The number of pyridine rings is 1. The van der Waals surface area contributed by atoms with Gasteiger partial charge in [-0.25, -0.2) is 4.79 Å². The minimum Gasteiger partial charge on any atom is -0.361 e. The van der Waals surface area contributed by atoms with Crippen LogP contribution in [0.1, 0.15) is 5.56 Å². The molecule has 2 N–H and O–H groups in total. The van der Waals surface area contributed by atoms with Crippen LogP contribution in [0.5, 0.6) is 0 Å². The van der Waals surface area contributed by atoms with E-state index in [0.29, 0.717) is 22.2 Å². The number of hydrogen-bond donors (Lipinski definition) is 2. The molecular weight excluding hydrogens is 308 g/mol. The average molecular weight is 322 g/mol. The molecule has 0 atom stereocenters. The molecule has 0 spiro atoms. The summed E-state index contributed by atoms with van der Waals surface area (Å²) in [5.74, 6) is 0. The average Bonchev–Trinajstić information content (AvgIpc) is 3.03. The van der Waals surface area contributed by atoms with Crippen LogP contribution in [0.2, 0.25) is 0 Å². The molecular formula is C17H14N4O3. The third-order valence-electron chi connectivity index (χ3n) is 4.28. The molecule has 120 valence electrons. The van der Waals surface area contributed by atoms with Gasteiger partial charge in [0.2, 0.25) is 0 Å². The molecule has 7 heteroatoms. The first kappa shape index (κ1) is 14.3. The highest BCUT2D eigenvalue weighted by Gasteiger charge is 2.16. The summed E-state index contributed by atoms with van der Waals surface area (Å²) in [6, 6.07) is 7.34. The van der Waals surface area contributed by atoms with Gasteiger partial charge in [-0.3, -0.25) is 19.1 Å². The van der Waals surface area contributed by atoms with Gasteiger partial charge >= 0.3 is 5.69 Å². The molecule has 24 heavy (non-hydrogen) atoms. The van der Waals surface area contributed by atoms with Crippen molar-refractivity contribution in [2.75, 3.05) is 0 Å². The first-order chi connectivity index (χ1) is 11.5. The number of benzene rings is 1. The number of H-pyrrole nitrogens is 2. The molecule has 7 nitrogen and oxygen atoms in total. The number of nitrogens with zero attached hydrogens (tertiary/aromatic N) is 2. The van der Waals surface area contributed by atoms with E-state index >= 15 is 0 Å². The van der Waals surface area contributed by atoms with Crippen molar-refractivity contribution in [2.45, 2.75) is 6.92 Å². The zero-order valence-corrected chi connectivity index (χ0v) is 13.1. The van der Waals surface area contributed by atoms with Crippen LogP contribution in [0, 0.1) is 6.92 Å². The zero-order valence-electron chi connectivity index (χ0n) is 13.1. The monoisotopic (exact) mass is 322 g/mol. The lowest BCUT2D eigenvalue weighted by atomic mass is 10.1. The van der Waals surface area contributed by atoms with Crippen molar-refractivity contribution in [2.24, 2.45) is 7.05 Å². The highest BCUT2D eigenvalue weighted by Crippen LogP contribution is 2.23. The van der Waals surface area contributed by atoms with Gasteiger partial charge in [0.05, 0.1) is 16.6 Å². The number of hydrogen-bond acceptors (Lipinski definition) is 3. The third kappa shape index (κ3) is 1.81. The van der Waals surface area contributed by atoms with Gasteiger partial charge in [-0.05, 0) is 25.1 Å². The number of rotatable bonds is 1. The molecule has 0 saturated carbocycles. The van der Waals surface area contributed by atoms with Crippen molar-refractivity contribution in [1.82, 2.24) is 19.1 Å². The van der Waals surface area contributed by atoms with E-state index in [1.165, 1.54) is 15.3 Å². The Hall–Kier alpha value is -3.35. The molecule has 0 bridgehead atoms. The molecule has 0 saturated heterocycles. The molecule has 4 rings (SSSR count). The van der Waals surface area contributed by atoms with Crippen LogP contribution in [0.25, 0.3) is 27.5 Å². The van der Waals surface area contributed by atoms with E-state index in [9.17, 15) is 14.4 Å². The van der Waals surface area contributed by atoms with Crippen molar-refractivity contribution in [1.29, 1.82) is 0 Å². The predicted molar refractivity (Wildman–Crippen MR) is 92.0 cm³/mol. The second-order valence-electron chi connectivity index (χ2n) is 5.74. The molecule has 1 aromatic carbocycles. The van der Waals surface area contributed by atoms with Crippen molar-refractivity contribution in [3.8, 4) is 5.69 Å². The highest BCUT2D eigenvalue weighted by atomic mass is 16.2. The molecule has 0 aliphatic rings. The fourth-order valence-corrected chi connectivity index (χ4v) is 3.15. The summed E-state index contributed by atoms with van der Waals surface area (Å²) in [6.45, 7) is 1.62. The number of aromatic amines is 2. The van der Waals surface area contributed by atoms with E-state index in [0.717, 1.165) is 10.9 Å². The topological polar surface area (TPSA) is 92.7 Å². The molecule has 3 aromatic heterocycles. The van der Waals surface area contributed by atoms with Crippen LogP contribution in [-0.2, 0) is 7.05 Å². The Bertz CT molecular complexity index is 1290. The summed E-state index contributed by atoms with van der Waals surface area (Å²) in [4.78, 5) is 42.5. The Kier molecular flexibility index (Phi) is 2.86. The Labute approximate surface area is 134 Å². The van der Waals surface area contributed by atoms with Crippen LogP contribution < -0.4 is 16.8 Å². The largest absolute Gasteiger partial charge is 0.361 e. The molecule has 0 unspecified atom stereocenters. The third-order valence-corrected chi connectivity index (χ3v) is 4.28. The maximum absolute atomic E-state index is 12.6. The van der Waals surface area contributed by atoms with E-state index in [2.05, 4.69) is 9.97 Å². The molecule has 4 aromatic rings. The van der Waals surface area contributed by atoms with Crippen molar-refractivity contribution in [3.63, 3.8) is 0 Å². The van der Waals surface area contributed by atoms with E-state index in [-0.39, 0.29) is 5.56 Å². The Morgan fingerprint density at radius 3 is 2.62 bits per heavy atom. The number of aryl methyl sites for hydroxylation is 2. The smallest absolute Gasteiger partial charge is 0.333 e. The lowest BCUT2D eigenvalue weighted by Crippen LogP contribution is -2.32. The summed E-state index contributed by atoms with van der Waals surface area (Å²) in [5.41, 5.74) is 0.828. The van der Waals surface area contributed by atoms with Gasteiger partial charge in [0.25, 0.3) is 11.1 Å². The number of aromatic nitrogens is 4. The Morgan fingerprint density at radius 2 is 1.83 bits per heavy atom. The van der Waals surface area contributed by atoms with Gasteiger partial charge in [-0.1, -0.05) is 6.07 Å². The molecule has 0 aliphatic heterocycles. The fraction of sp³-hybridized carbons (Fsp3) is 0.118. The summed E-state index contributed by atoms with van der Waals surface area (Å²) in [5, 5.41) is 1.12. The summed E-state index contributed by atoms with van der Waals surface area (Å²) in [6.07, 6.45) is 3.23. The van der Waals surface area contributed by atoms with Gasteiger partial charge in [0, 0.05) is 35.9 Å². The van der Waals surface area contributed by atoms with Crippen LogP contribution in [-0.4, -0.2) is 19.1 Å². The highest BCUT2D eigenvalue weighted by molar-refractivity contribution is 5.91. The molecule has 0 aliphatic carbocycles. The molecule has 0 radical (unpaired) electrons. The van der Waals surface area contributed by atoms with Gasteiger partial charge < -0.3 is 9.55 Å². The zero-order chi connectivity index (χ0) is 17.0. The SMILES string of the molecule is Cc1c(=O)n(C)cc2c(=O)[nH]c(=O)n(-c3cccc4[nH]ccc34)c12. The van der Waals surface area contributed by atoms with Gasteiger partial charge in [0.1, 0.15) is 0 Å². The van der Waals surface area contributed by atoms with Crippen molar-refractivity contribution >= 4 is 21.8 Å². The van der Waals surface area contributed by atoms with Crippen LogP contribution in [0.15, 0.2) is 51.0 Å². The first-order valence-electron chi connectivity index (χ1n) is 7.41. The maximum Gasteiger partial charge on any atom is 0.333 e. The standard InChI is InChI=1S/C17H14N4O3/c1-9-14-11(8-20(2)16(9)23)15(22)19-17(24)21(14)13-5-3-4-12-10(13)6-7-18-12/h3-8,18H,1-2H3,(H,19,22,24). The quantitative estimate of drug-likeness (QED) is 0.551. The van der Waals surface area contributed by atoms with Crippen LogP contribution in [0.3, 0.4) is 0 Å². The van der Waals surface area contributed by atoms with E-state index in [1.807, 2.05) is 18.2 Å². The summed E-state index contributed by atoms with van der Waals surface area (Å²) < 4.78 is 2.74. The van der Waals surface area contributed by atoms with Crippen LogP contribution in [0.4, 0.5) is 0 Å². The van der Waals surface area contributed by atoms with Gasteiger partial charge in [-0.2, -0.15) is 0 Å².